The lowest BCUT2D eigenvalue weighted by Crippen LogP contribution is -2.41. The second-order valence-electron chi connectivity index (χ2n) is 5.29. The van der Waals surface area contributed by atoms with Crippen LogP contribution in [0, 0.1) is 0 Å². The fraction of sp³-hybridized carbons (Fsp3) is 0.600. The van der Waals surface area contributed by atoms with E-state index in [0.29, 0.717) is 6.04 Å². The SMILES string of the molecule is CCCN(C1CC1)C(c1ccccc1Cl)C(C)N. The number of hydrogen-bond acceptors (Lipinski definition) is 2. The molecule has 0 aromatic heterocycles. The van der Waals surface area contributed by atoms with E-state index in [1.165, 1.54) is 18.4 Å². The molecular formula is C15H23ClN2. The van der Waals surface area contributed by atoms with Gasteiger partial charge in [0.15, 0.2) is 0 Å². The quantitative estimate of drug-likeness (QED) is 0.852. The van der Waals surface area contributed by atoms with Crippen LogP contribution in [0.25, 0.3) is 0 Å². The van der Waals surface area contributed by atoms with Crippen LogP contribution >= 0.6 is 11.6 Å². The first-order valence-electron chi connectivity index (χ1n) is 6.91. The van der Waals surface area contributed by atoms with Crippen molar-refractivity contribution in [3.63, 3.8) is 0 Å². The minimum Gasteiger partial charge on any atom is -0.326 e. The Hall–Kier alpha value is -0.570. The number of halogens is 1. The van der Waals surface area contributed by atoms with Crippen LogP contribution < -0.4 is 5.73 Å². The fourth-order valence-corrected chi connectivity index (χ4v) is 2.94. The van der Waals surface area contributed by atoms with Crippen molar-refractivity contribution in [1.82, 2.24) is 4.90 Å². The molecule has 0 saturated heterocycles. The molecule has 2 nitrogen and oxygen atoms in total. The molecule has 0 heterocycles. The van der Waals surface area contributed by atoms with E-state index in [4.69, 9.17) is 17.3 Å². The minimum atomic E-state index is 0.0945. The minimum absolute atomic E-state index is 0.0945. The second kappa shape index (κ2) is 6.05. The van der Waals surface area contributed by atoms with E-state index in [2.05, 4.69) is 24.8 Å². The van der Waals surface area contributed by atoms with E-state index in [9.17, 15) is 0 Å². The third-order valence-electron chi connectivity index (χ3n) is 3.58. The lowest BCUT2D eigenvalue weighted by atomic mass is 9.98. The molecule has 2 N–H and O–H groups in total. The fourth-order valence-electron chi connectivity index (χ4n) is 2.69. The van der Waals surface area contributed by atoms with Gasteiger partial charge in [-0.05, 0) is 44.4 Å². The molecule has 1 fully saturated rings. The predicted octanol–water partition coefficient (Wildman–Crippen LogP) is 3.60. The number of hydrogen-bond donors (Lipinski definition) is 1. The molecule has 18 heavy (non-hydrogen) atoms. The Balaban J connectivity index is 2.29. The molecule has 2 unspecified atom stereocenters. The normalized spacial score (nSPS) is 18.9. The average Bonchev–Trinajstić information content (AvgIpc) is 3.14. The van der Waals surface area contributed by atoms with Crippen molar-refractivity contribution in [3.8, 4) is 0 Å². The van der Waals surface area contributed by atoms with Crippen LogP contribution in [0.15, 0.2) is 24.3 Å². The largest absolute Gasteiger partial charge is 0.326 e. The summed E-state index contributed by atoms with van der Waals surface area (Å²) in [7, 11) is 0. The Morgan fingerprint density at radius 1 is 1.39 bits per heavy atom. The summed E-state index contributed by atoms with van der Waals surface area (Å²) >= 11 is 6.35. The van der Waals surface area contributed by atoms with Gasteiger partial charge in [-0.3, -0.25) is 4.90 Å². The van der Waals surface area contributed by atoms with E-state index < -0.39 is 0 Å². The molecule has 100 valence electrons. The molecule has 2 rings (SSSR count). The van der Waals surface area contributed by atoms with Crippen LogP contribution in [0.3, 0.4) is 0 Å². The van der Waals surface area contributed by atoms with Crippen LogP contribution in [0.5, 0.6) is 0 Å². The van der Waals surface area contributed by atoms with Gasteiger partial charge in [0.2, 0.25) is 0 Å². The van der Waals surface area contributed by atoms with Gasteiger partial charge in [0.25, 0.3) is 0 Å². The maximum Gasteiger partial charge on any atom is 0.0514 e. The van der Waals surface area contributed by atoms with Crippen molar-refractivity contribution in [2.75, 3.05) is 6.54 Å². The van der Waals surface area contributed by atoms with Gasteiger partial charge in [-0.1, -0.05) is 36.7 Å². The zero-order chi connectivity index (χ0) is 13.1. The lowest BCUT2D eigenvalue weighted by molar-refractivity contribution is 0.166. The summed E-state index contributed by atoms with van der Waals surface area (Å²) in [6.07, 6.45) is 3.76. The van der Waals surface area contributed by atoms with Gasteiger partial charge in [0.05, 0.1) is 6.04 Å². The van der Waals surface area contributed by atoms with Gasteiger partial charge < -0.3 is 5.73 Å². The predicted molar refractivity (Wildman–Crippen MR) is 77.9 cm³/mol. The number of rotatable bonds is 6. The van der Waals surface area contributed by atoms with E-state index in [1.54, 1.807) is 0 Å². The third kappa shape index (κ3) is 3.05. The van der Waals surface area contributed by atoms with E-state index >= 15 is 0 Å². The van der Waals surface area contributed by atoms with Crippen molar-refractivity contribution in [1.29, 1.82) is 0 Å². The smallest absolute Gasteiger partial charge is 0.0514 e. The van der Waals surface area contributed by atoms with Gasteiger partial charge in [-0.25, -0.2) is 0 Å². The van der Waals surface area contributed by atoms with Crippen LogP contribution in [0.1, 0.15) is 44.7 Å². The van der Waals surface area contributed by atoms with Gasteiger partial charge in [0, 0.05) is 17.1 Å². The zero-order valence-electron chi connectivity index (χ0n) is 11.3. The second-order valence-corrected chi connectivity index (χ2v) is 5.70. The number of nitrogens with two attached hydrogens (primary N) is 1. The summed E-state index contributed by atoms with van der Waals surface area (Å²) in [6, 6.07) is 9.14. The first-order valence-corrected chi connectivity index (χ1v) is 7.28. The molecule has 1 aliphatic rings. The van der Waals surface area contributed by atoms with Crippen molar-refractivity contribution in [2.24, 2.45) is 5.73 Å². The van der Waals surface area contributed by atoms with Crippen LogP contribution in [-0.2, 0) is 0 Å². The highest BCUT2D eigenvalue weighted by atomic mass is 35.5. The molecule has 3 heteroatoms. The molecule has 1 saturated carbocycles. The lowest BCUT2D eigenvalue weighted by Gasteiger charge is -2.35. The van der Waals surface area contributed by atoms with Crippen molar-refractivity contribution in [3.05, 3.63) is 34.9 Å². The zero-order valence-corrected chi connectivity index (χ0v) is 12.0. The molecule has 0 aliphatic heterocycles. The van der Waals surface area contributed by atoms with E-state index in [-0.39, 0.29) is 12.1 Å². The summed E-state index contributed by atoms with van der Waals surface area (Å²) in [5, 5.41) is 0.835. The van der Waals surface area contributed by atoms with Crippen molar-refractivity contribution in [2.45, 2.75) is 51.2 Å². The maximum absolute atomic E-state index is 6.35. The Morgan fingerprint density at radius 3 is 2.56 bits per heavy atom. The van der Waals surface area contributed by atoms with Crippen molar-refractivity contribution < 1.29 is 0 Å². The Kier molecular flexibility index (Phi) is 4.66. The van der Waals surface area contributed by atoms with Crippen LogP contribution in [0.2, 0.25) is 5.02 Å². The molecule has 0 amide bonds. The highest BCUT2D eigenvalue weighted by Crippen LogP contribution is 2.37. The molecule has 0 radical (unpaired) electrons. The van der Waals surface area contributed by atoms with Gasteiger partial charge >= 0.3 is 0 Å². The standard InChI is InChI=1S/C15H23ClN2/c1-3-10-18(12-8-9-12)15(11(2)17)13-6-4-5-7-14(13)16/h4-7,11-12,15H,3,8-10,17H2,1-2H3. The molecule has 2 atom stereocenters. The summed E-state index contributed by atoms with van der Waals surface area (Å²) in [5.41, 5.74) is 7.41. The molecule has 0 spiro atoms. The van der Waals surface area contributed by atoms with E-state index in [1.807, 2.05) is 18.2 Å². The molecular weight excluding hydrogens is 244 g/mol. The van der Waals surface area contributed by atoms with E-state index in [0.717, 1.165) is 18.0 Å². The third-order valence-corrected chi connectivity index (χ3v) is 3.92. The Morgan fingerprint density at radius 2 is 2.06 bits per heavy atom. The van der Waals surface area contributed by atoms with Crippen molar-refractivity contribution >= 4 is 11.6 Å². The first kappa shape index (κ1) is 13.9. The first-order chi connectivity index (χ1) is 8.65. The maximum atomic E-state index is 6.35. The van der Waals surface area contributed by atoms with Crippen LogP contribution in [0.4, 0.5) is 0 Å². The highest BCUT2D eigenvalue weighted by molar-refractivity contribution is 6.31. The molecule has 1 aromatic rings. The van der Waals surface area contributed by atoms with Gasteiger partial charge in [0.1, 0.15) is 0 Å². The average molecular weight is 267 g/mol. The monoisotopic (exact) mass is 266 g/mol. The number of benzene rings is 1. The summed E-state index contributed by atoms with van der Waals surface area (Å²) < 4.78 is 0. The Bertz CT molecular complexity index is 388. The Labute approximate surface area is 115 Å². The number of nitrogens with zero attached hydrogens (tertiary/aromatic N) is 1. The van der Waals surface area contributed by atoms with Gasteiger partial charge in [-0.15, -0.1) is 0 Å². The van der Waals surface area contributed by atoms with Gasteiger partial charge in [-0.2, -0.15) is 0 Å². The summed E-state index contributed by atoms with van der Waals surface area (Å²) in [6.45, 7) is 5.40. The molecule has 0 bridgehead atoms. The molecule has 1 aliphatic carbocycles. The molecule has 1 aromatic carbocycles. The summed E-state index contributed by atoms with van der Waals surface area (Å²) in [4.78, 5) is 2.55. The van der Waals surface area contributed by atoms with Crippen LogP contribution in [-0.4, -0.2) is 23.5 Å². The highest BCUT2D eigenvalue weighted by Gasteiger charge is 2.36. The topological polar surface area (TPSA) is 29.3 Å². The summed E-state index contributed by atoms with van der Waals surface area (Å²) in [5.74, 6) is 0.